The molecule has 0 radical (unpaired) electrons. The first-order chi connectivity index (χ1) is 13.6. The van der Waals surface area contributed by atoms with E-state index in [1.54, 1.807) is 30.6 Å². The van der Waals surface area contributed by atoms with Crippen molar-refractivity contribution in [3.63, 3.8) is 0 Å². The van der Waals surface area contributed by atoms with Gasteiger partial charge in [-0.15, -0.1) is 15.3 Å². The highest BCUT2D eigenvalue weighted by Crippen LogP contribution is 2.20. The van der Waals surface area contributed by atoms with Crippen LogP contribution in [0.25, 0.3) is 5.82 Å². The molecular weight excluding hydrogens is 358 g/mol. The molecule has 1 fully saturated rings. The molecule has 10 nitrogen and oxygen atoms in total. The molecule has 3 aromatic rings. The van der Waals surface area contributed by atoms with Crippen molar-refractivity contribution in [1.29, 1.82) is 0 Å². The standard InChI is InChI=1S/C12H11N9O.C6H12/c13-8-6-7(11(12(14)22)19-18-8)16-9-2-1-3-10(17-9)21-5-4-15-20-21;1-2-4-6-5-3-1/h1-6H,(H2,14,22)(H3,13,16,17,18);1-6H2. The second-order valence-corrected chi connectivity index (χ2v) is 6.37. The Bertz CT molecular complexity index is 896. The van der Waals surface area contributed by atoms with Gasteiger partial charge in [0.25, 0.3) is 5.91 Å². The summed E-state index contributed by atoms with van der Waals surface area (Å²) in [5.74, 6) is 0.448. The van der Waals surface area contributed by atoms with Gasteiger partial charge in [0.15, 0.2) is 11.5 Å². The molecule has 1 aliphatic rings. The minimum absolute atomic E-state index is 0.0258. The predicted octanol–water partition coefficient (Wildman–Crippen LogP) is 2.22. The lowest BCUT2D eigenvalue weighted by Crippen LogP contribution is -2.17. The number of rotatable bonds is 4. The van der Waals surface area contributed by atoms with Crippen molar-refractivity contribution in [2.45, 2.75) is 38.5 Å². The van der Waals surface area contributed by atoms with Crippen LogP contribution in [0.4, 0.5) is 17.3 Å². The molecule has 3 heterocycles. The Kier molecular flexibility index (Phi) is 6.45. The number of carbonyl (C=O) groups is 1. The minimum Gasteiger partial charge on any atom is -0.382 e. The topological polar surface area (TPSA) is 151 Å². The molecule has 0 spiro atoms. The van der Waals surface area contributed by atoms with Gasteiger partial charge in [-0.05, 0) is 12.1 Å². The fourth-order valence-corrected chi connectivity index (χ4v) is 2.83. The number of nitrogens with two attached hydrogens (primary N) is 2. The van der Waals surface area contributed by atoms with Crippen LogP contribution in [0.1, 0.15) is 49.0 Å². The average Bonchev–Trinajstić information content (AvgIpc) is 3.25. The number of nitrogens with zero attached hydrogens (tertiary/aromatic N) is 6. The largest absolute Gasteiger partial charge is 0.382 e. The minimum atomic E-state index is -0.720. The van der Waals surface area contributed by atoms with Gasteiger partial charge < -0.3 is 16.8 Å². The van der Waals surface area contributed by atoms with Gasteiger partial charge in [-0.25, -0.2) is 9.67 Å². The van der Waals surface area contributed by atoms with Crippen LogP contribution in [0.3, 0.4) is 0 Å². The van der Waals surface area contributed by atoms with Crippen molar-refractivity contribution < 1.29 is 4.79 Å². The average molecular weight is 381 g/mol. The molecular formula is C18H23N9O. The number of primary amides is 1. The second kappa shape index (κ2) is 9.40. The van der Waals surface area contributed by atoms with Crippen molar-refractivity contribution in [3.8, 4) is 5.82 Å². The third-order valence-corrected chi connectivity index (χ3v) is 4.20. The first-order valence-electron chi connectivity index (χ1n) is 9.17. The van der Waals surface area contributed by atoms with Crippen LogP contribution in [0, 0.1) is 0 Å². The van der Waals surface area contributed by atoms with E-state index in [2.05, 4.69) is 30.8 Å². The summed E-state index contributed by atoms with van der Waals surface area (Å²) in [7, 11) is 0. The van der Waals surface area contributed by atoms with Crippen LogP contribution >= 0.6 is 0 Å². The highest BCUT2D eigenvalue weighted by atomic mass is 16.1. The Labute approximate surface area is 162 Å². The fraction of sp³-hybridized carbons (Fsp3) is 0.333. The van der Waals surface area contributed by atoms with E-state index in [-0.39, 0.29) is 11.5 Å². The molecule has 0 aliphatic heterocycles. The Morgan fingerprint density at radius 1 is 1.07 bits per heavy atom. The summed E-state index contributed by atoms with van der Waals surface area (Å²) in [6.07, 6.45) is 12.2. The van der Waals surface area contributed by atoms with E-state index in [0.717, 1.165) is 0 Å². The van der Waals surface area contributed by atoms with E-state index < -0.39 is 5.91 Å². The zero-order valence-electron chi connectivity index (χ0n) is 15.5. The molecule has 0 saturated heterocycles. The van der Waals surface area contributed by atoms with Crippen molar-refractivity contribution >= 4 is 23.2 Å². The maximum absolute atomic E-state index is 11.4. The number of amides is 1. The molecule has 0 bridgehead atoms. The number of nitrogen functional groups attached to an aromatic ring is 1. The summed E-state index contributed by atoms with van der Waals surface area (Å²) in [6, 6.07) is 6.70. The predicted molar refractivity (Wildman–Crippen MR) is 105 cm³/mol. The third-order valence-electron chi connectivity index (χ3n) is 4.20. The molecule has 3 aromatic heterocycles. The number of pyridine rings is 1. The van der Waals surface area contributed by atoms with Gasteiger partial charge in [0, 0.05) is 6.07 Å². The quantitative estimate of drug-likeness (QED) is 0.622. The Hall–Kier alpha value is -3.56. The van der Waals surface area contributed by atoms with E-state index >= 15 is 0 Å². The smallest absolute Gasteiger partial charge is 0.271 e. The third kappa shape index (κ3) is 5.22. The SMILES string of the molecule is C1CCCCC1.NC(=O)c1nnc(N)cc1Nc1cccc(-n2ccnn2)n1. The number of hydrogen-bond acceptors (Lipinski definition) is 8. The van der Waals surface area contributed by atoms with Gasteiger partial charge in [-0.1, -0.05) is 49.8 Å². The summed E-state index contributed by atoms with van der Waals surface area (Å²) < 4.78 is 1.50. The van der Waals surface area contributed by atoms with Crippen LogP contribution < -0.4 is 16.8 Å². The molecule has 0 unspecified atom stereocenters. The summed E-state index contributed by atoms with van der Waals surface area (Å²) >= 11 is 0. The first kappa shape index (κ1) is 19.2. The van der Waals surface area contributed by atoms with Gasteiger partial charge in [0.05, 0.1) is 18.1 Å². The Morgan fingerprint density at radius 3 is 2.39 bits per heavy atom. The van der Waals surface area contributed by atoms with Gasteiger partial charge >= 0.3 is 0 Å². The molecule has 0 aromatic carbocycles. The Morgan fingerprint density at radius 2 is 1.79 bits per heavy atom. The molecule has 1 aliphatic carbocycles. The molecule has 146 valence electrons. The van der Waals surface area contributed by atoms with Crippen molar-refractivity contribution in [2.24, 2.45) is 5.73 Å². The molecule has 28 heavy (non-hydrogen) atoms. The highest BCUT2D eigenvalue weighted by Gasteiger charge is 2.12. The lowest BCUT2D eigenvalue weighted by atomic mass is 10.0. The van der Waals surface area contributed by atoms with E-state index in [1.165, 1.54) is 49.3 Å². The Balaban J connectivity index is 0.000000320. The van der Waals surface area contributed by atoms with Crippen molar-refractivity contribution in [3.05, 3.63) is 42.4 Å². The summed E-state index contributed by atoms with van der Waals surface area (Å²) in [4.78, 5) is 15.7. The number of carbonyl (C=O) groups excluding carboxylic acids is 1. The van der Waals surface area contributed by atoms with Gasteiger partial charge in [-0.2, -0.15) is 0 Å². The van der Waals surface area contributed by atoms with Gasteiger partial charge in [-0.3, -0.25) is 4.79 Å². The van der Waals surface area contributed by atoms with Gasteiger partial charge in [0.2, 0.25) is 0 Å². The van der Waals surface area contributed by atoms with E-state index in [1.807, 2.05) is 0 Å². The van der Waals surface area contributed by atoms with Crippen molar-refractivity contribution in [2.75, 3.05) is 11.1 Å². The maximum Gasteiger partial charge on any atom is 0.271 e. The number of hydrogen-bond donors (Lipinski definition) is 3. The van der Waals surface area contributed by atoms with E-state index in [4.69, 9.17) is 11.5 Å². The van der Waals surface area contributed by atoms with E-state index in [0.29, 0.717) is 17.3 Å². The van der Waals surface area contributed by atoms with Crippen LogP contribution in [0.5, 0.6) is 0 Å². The maximum atomic E-state index is 11.4. The van der Waals surface area contributed by atoms with Gasteiger partial charge in [0.1, 0.15) is 11.6 Å². The molecule has 10 heteroatoms. The van der Waals surface area contributed by atoms with Crippen LogP contribution in [0.15, 0.2) is 36.7 Å². The normalized spacial score (nSPS) is 13.3. The van der Waals surface area contributed by atoms with Crippen molar-refractivity contribution in [1.82, 2.24) is 30.2 Å². The second-order valence-electron chi connectivity index (χ2n) is 6.37. The first-order valence-corrected chi connectivity index (χ1v) is 9.17. The molecule has 1 amide bonds. The number of anilines is 3. The zero-order chi connectivity index (χ0) is 19.8. The molecule has 5 N–H and O–H groups in total. The lowest BCUT2D eigenvalue weighted by Gasteiger charge is -2.09. The lowest BCUT2D eigenvalue weighted by molar-refractivity contribution is 0.0995. The summed E-state index contributed by atoms with van der Waals surface area (Å²) in [5.41, 5.74) is 11.1. The molecule has 4 rings (SSSR count). The van der Waals surface area contributed by atoms with Crippen LogP contribution in [-0.4, -0.2) is 36.1 Å². The van der Waals surface area contributed by atoms with E-state index in [9.17, 15) is 4.79 Å². The number of aromatic nitrogens is 6. The van der Waals surface area contributed by atoms with Crippen LogP contribution in [-0.2, 0) is 0 Å². The zero-order valence-corrected chi connectivity index (χ0v) is 15.5. The molecule has 0 atom stereocenters. The monoisotopic (exact) mass is 381 g/mol. The number of nitrogens with one attached hydrogen (secondary N) is 1. The summed E-state index contributed by atoms with van der Waals surface area (Å²) in [5, 5.41) is 17.8. The molecule has 1 saturated carbocycles. The fourth-order valence-electron chi connectivity index (χ4n) is 2.83. The highest BCUT2D eigenvalue weighted by molar-refractivity contribution is 5.97. The van der Waals surface area contributed by atoms with Crippen LogP contribution in [0.2, 0.25) is 0 Å². The summed E-state index contributed by atoms with van der Waals surface area (Å²) in [6.45, 7) is 0.